The molecule has 4 rings (SSSR count). The number of carbonyl (C=O) groups is 1. The molecule has 2 aliphatic rings. The van der Waals surface area contributed by atoms with E-state index in [9.17, 15) is 4.79 Å². The third kappa shape index (κ3) is 5.44. The second-order valence-electron chi connectivity index (χ2n) is 9.35. The predicted octanol–water partition coefficient (Wildman–Crippen LogP) is 5.10. The molecule has 5 heteroatoms. The van der Waals surface area contributed by atoms with E-state index in [0.717, 1.165) is 64.2 Å². The van der Waals surface area contributed by atoms with E-state index in [2.05, 4.69) is 43.0 Å². The van der Waals surface area contributed by atoms with Crippen LogP contribution < -0.4 is 9.47 Å². The van der Waals surface area contributed by atoms with Gasteiger partial charge < -0.3 is 14.4 Å². The van der Waals surface area contributed by atoms with E-state index in [1.54, 1.807) is 7.11 Å². The van der Waals surface area contributed by atoms with E-state index in [4.69, 9.17) is 9.47 Å². The lowest BCUT2D eigenvalue weighted by molar-refractivity contribution is 0.0764. The van der Waals surface area contributed by atoms with Gasteiger partial charge in [0, 0.05) is 38.8 Å². The van der Waals surface area contributed by atoms with Crippen molar-refractivity contribution in [3.05, 3.63) is 59.2 Å². The Morgan fingerprint density at radius 2 is 1.69 bits per heavy atom. The zero-order valence-electron chi connectivity index (χ0n) is 19.7. The number of hydrogen-bond donors (Lipinski definition) is 0. The molecule has 0 unspecified atom stereocenters. The Morgan fingerprint density at radius 3 is 2.31 bits per heavy atom. The normalized spacial score (nSPS) is 17.7. The zero-order valence-corrected chi connectivity index (χ0v) is 19.7. The zero-order chi connectivity index (χ0) is 22.5. The van der Waals surface area contributed by atoms with Crippen LogP contribution in [-0.2, 0) is 6.54 Å². The van der Waals surface area contributed by atoms with Crippen molar-refractivity contribution < 1.29 is 14.3 Å². The summed E-state index contributed by atoms with van der Waals surface area (Å²) >= 11 is 0. The number of methoxy groups -OCH3 is 1. The molecule has 0 saturated carbocycles. The molecule has 2 fully saturated rings. The third-order valence-electron chi connectivity index (χ3n) is 6.69. The van der Waals surface area contributed by atoms with Crippen molar-refractivity contribution in [2.75, 3.05) is 33.3 Å². The van der Waals surface area contributed by atoms with E-state index in [0.29, 0.717) is 17.2 Å². The van der Waals surface area contributed by atoms with Crippen LogP contribution in [0.3, 0.4) is 0 Å². The number of amides is 1. The van der Waals surface area contributed by atoms with Crippen molar-refractivity contribution in [2.45, 2.75) is 58.1 Å². The number of rotatable bonds is 7. The average molecular weight is 437 g/mol. The van der Waals surface area contributed by atoms with E-state index >= 15 is 0 Å². The summed E-state index contributed by atoms with van der Waals surface area (Å²) in [6, 6.07) is 14.6. The number of carbonyl (C=O) groups excluding carboxylic acids is 1. The summed E-state index contributed by atoms with van der Waals surface area (Å²) < 4.78 is 11.8. The Labute approximate surface area is 192 Å². The first-order chi connectivity index (χ1) is 15.5. The molecule has 2 saturated heterocycles. The van der Waals surface area contributed by atoms with Gasteiger partial charge in [0.2, 0.25) is 0 Å². The van der Waals surface area contributed by atoms with E-state index in [1.165, 1.54) is 11.1 Å². The number of ether oxygens (including phenoxy) is 2. The summed E-state index contributed by atoms with van der Waals surface area (Å²) in [5.74, 6) is 2.02. The molecule has 32 heavy (non-hydrogen) atoms. The predicted molar refractivity (Wildman–Crippen MR) is 128 cm³/mol. The van der Waals surface area contributed by atoms with Crippen LogP contribution in [0.1, 0.15) is 66.9 Å². The molecule has 0 spiro atoms. The lowest BCUT2D eigenvalue weighted by atomic mass is 10.0. The minimum Gasteiger partial charge on any atom is -0.497 e. The van der Waals surface area contributed by atoms with Crippen molar-refractivity contribution in [1.82, 2.24) is 9.80 Å². The van der Waals surface area contributed by atoms with Crippen LogP contribution in [-0.4, -0.2) is 55.1 Å². The SMILES string of the molecule is COc1ccc(C(=O)N2CCCC2)c(OC2CCN(Cc3ccc(C(C)C)cc3)CC2)c1. The molecule has 172 valence electrons. The Hall–Kier alpha value is -2.53. The van der Waals surface area contributed by atoms with Gasteiger partial charge in [0.15, 0.2) is 0 Å². The lowest BCUT2D eigenvalue weighted by Crippen LogP contribution is -2.38. The summed E-state index contributed by atoms with van der Waals surface area (Å²) in [7, 11) is 1.65. The molecule has 0 atom stereocenters. The van der Waals surface area contributed by atoms with Gasteiger partial charge in [-0.1, -0.05) is 38.1 Å². The highest BCUT2D eigenvalue weighted by Gasteiger charge is 2.26. The van der Waals surface area contributed by atoms with E-state index in [1.807, 2.05) is 23.1 Å². The summed E-state index contributed by atoms with van der Waals surface area (Å²) in [6.45, 7) is 9.09. The van der Waals surface area contributed by atoms with Crippen LogP contribution in [0.2, 0.25) is 0 Å². The molecule has 0 radical (unpaired) electrons. The van der Waals surface area contributed by atoms with Gasteiger partial charge in [0.1, 0.15) is 17.6 Å². The van der Waals surface area contributed by atoms with Gasteiger partial charge in [-0.3, -0.25) is 9.69 Å². The maximum Gasteiger partial charge on any atom is 0.257 e. The highest BCUT2D eigenvalue weighted by molar-refractivity contribution is 5.97. The molecular formula is C27H36N2O3. The fourth-order valence-electron chi connectivity index (χ4n) is 4.63. The summed E-state index contributed by atoms with van der Waals surface area (Å²) in [6.07, 6.45) is 4.19. The van der Waals surface area contributed by atoms with Crippen LogP contribution in [0.25, 0.3) is 0 Å². The molecule has 2 aliphatic heterocycles. The van der Waals surface area contributed by atoms with Gasteiger partial charge >= 0.3 is 0 Å². The highest BCUT2D eigenvalue weighted by atomic mass is 16.5. The van der Waals surface area contributed by atoms with E-state index < -0.39 is 0 Å². The van der Waals surface area contributed by atoms with Gasteiger partial charge in [-0.25, -0.2) is 0 Å². The molecule has 1 amide bonds. The Balaban J connectivity index is 1.36. The maximum atomic E-state index is 13.0. The molecule has 0 aromatic heterocycles. The lowest BCUT2D eigenvalue weighted by Gasteiger charge is -2.32. The quantitative estimate of drug-likeness (QED) is 0.606. The van der Waals surface area contributed by atoms with Crippen LogP contribution in [0.15, 0.2) is 42.5 Å². The van der Waals surface area contributed by atoms with Crippen molar-refractivity contribution >= 4 is 5.91 Å². The number of nitrogens with zero attached hydrogens (tertiary/aromatic N) is 2. The average Bonchev–Trinajstić information content (AvgIpc) is 3.35. The minimum absolute atomic E-state index is 0.0717. The first-order valence-electron chi connectivity index (χ1n) is 12.0. The van der Waals surface area contributed by atoms with Crippen molar-refractivity contribution in [3.8, 4) is 11.5 Å². The Bertz CT molecular complexity index is 896. The number of hydrogen-bond acceptors (Lipinski definition) is 4. The smallest absolute Gasteiger partial charge is 0.257 e. The van der Waals surface area contributed by atoms with Gasteiger partial charge in [-0.05, 0) is 54.9 Å². The molecule has 2 heterocycles. The van der Waals surface area contributed by atoms with Crippen molar-refractivity contribution in [1.29, 1.82) is 0 Å². The second kappa shape index (κ2) is 10.4. The molecule has 0 aliphatic carbocycles. The van der Waals surface area contributed by atoms with Crippen molar-refractivity contribution in [3.63, 3.8) is 0 Å². The Morgan fingerprint density at radius 1 is 1.00 bits per heavy atom. The molecule has 0 bridgehead atoms. The van der Waals surface area contributed by atoms with Crippen molar-refractivity contribution in [2.24, 2.45) is 0 Å². The van der Waals surface area contributed by atoms with Gasteiger partial charge in [0.25, 0.3) is 5.91 Å². The number of benzene rings is 2. The highest BCUT2D eigenvalue weighted by Crippen LogP contribution is 2.30. The molecular weight excluding hydrogens is 400 g/mol. The molecule has 2 aromatic carbocycles. The van der Waals surface area contributed by atoms with Crippen LogP contribution >= 0.6 is 0 Å². The monoisotopic (exact) mass is 436 g/mol. The molecule has 2 aromatic rings. The largest absolute Gasteiger partial charge is 0.497 e. The van der Waals surface area contributed by atoms with Gasteiger partial charge in [-0.15, -0.1) is 0 Å². The third-order valence-corrected chi connectivity index (χ3v) is 6.69. The van der Waals surface area contributed by atoms with Crippen LogP contribution in [0.4, 0.5) is 0 Å². The van der Waals surface area contributed by atoms with Crippen LogP contribution in [0, 0.1) is 0 Å². The van der Waals surface area contributed by atoms with E-state index in [-0.39, 0.29) is 12.0 Å². The summed E-state index contributed by atoms with van der Waals surface area (Å²) in [5.41, 5.74) is 3.40. The molecule has 0 N–H and O–H groups in total. The fourth-order valence-corrected chi connectivity index (χ4v) is 4.63. The second-order valence-corrected chi connectivity index (χ2v) is 9.35. The maximum absolute atomic E-state index is 13.0. The fraction of sp³-hybridized carbons (Fsp3) is 0.519. The van der Waals surface area contributed by atoms with Gasteiger partial charge in [0.05, 0.1) is 12.7 Å². The topological polar surface area (TPSA) is 42.0 Å². The van der Waals surface area contributed by atoms with Gasteiger partial charge in [-0.2, -0.15) is 0 Å². The summed E-state index contributed by atoms with van der Waals surface area (Å²) in [5, 5.41) is 0. The minimum atomic E-state index is 0.0717. The summed E-state index contributed by atoms with van der Waals surface area (Å²) in [4.78, 5) is 17.5. The molecule has 5 nitrogen and oxygen atoms in total. The first kappa shape index (κ1) is 22.7. The standard InChI is InChI=1S/C27H36N2O3/c1-20(2)22-8-6-21(7-9-22)19-28-16-12-23(13-17-28)32-26-18-24(31-3)10-11-25(26)27(30)29-14-4-5-15-29/h6-11,18,20,23H,4-5,12-17,19H2,1-3H3. The number of piperidine rings is 1. The van der Waals surface area contributed by atoms with Crippen LogP contribution in [0.5, 0.6) is 11.5 Å². The number of likely N-dealkylation sites (tertiary alicyclic amines) is 2. The Kier molecular flexibility index (Phi) is 7.36. The first-order valence-corrected chi connectivity index (χ1v) is 12.0.